The van der Waals surface area contributed by atoms with Gasteiger partial charge in [0.25, 0.3) is 5.91 Å². The second kappa shape index (κ2) is 5.73. The normalized spacial score (nSPS) is 12.2. The van der Waals surface area contributed by atoms with Gasteiger partial charge in [-0.25, -0.2) is 0 Å². The van der Waals surface area contributed by atoms with Crippen LogP contribution in [0.1, 0.15) is 10.4 Å². The molecule has 0 radical (unpaired) electrons. The van der Waals surface area contributed by atoms with E-state index in [0.29, 0.717) is 22.7 Å². The summed E-state index contributed by atoms with van der Waals surface area (Å²) in [5.74, 6) is 1.73. The Labute approximate surface area is 138 Å². The maximum Gasteiger partial charge on any atom is 0.255 e. The van der Waals surface area contributed by atoms with Crippen LogP contribution in [0.25, 0.3) is 10.9 Å². The minimum absolute atomic E-state index is 0.179. The van der Waals surface area contributed by atoms with Crippen LogP contribution < -0.4 is 19.5 Å². The summed E-state index contributed by atoms with van der Waals surface area (Å²) >= 11 is 0. The van der Waals surface area contributed by atoms with Gasteiger partial charge in [-0.15, -0.1) is 0 Å². The van der Waals surface area contributed by atoms with E-state index in [2.05, 4.69) is 10.3 Å². The van der Waals surface area contributed by atoms with Crippen LogP contribution in [-0.2, 0) is 0 Å². The second-order valence-electron chi connectivity index (χ2n) is 5.30. The summed E-state index contributed by atoms with van der Waals surface area (Å²) in [6.07, 6.45) is 1.62. The number of nitrogens with one attached hydrogen (secondary N) is 1. The maximum absolute atomic E-state index is 12.4. The van der Waals surface area contributed by atoms with E-state index >= 15 is 0 Å². The van der Waals surface area contributed by atoms with Crippen LogP contribution in [0.15, 0.2) is 48.7 Å². The molecule has 1 aliphatic heterocycles. The first kappa shape index (κ1) is 14.3. The van der Waals surface area contributed by atoms with Crippen molar-refractivity contribution in [3.63, 3.8) is 0 Å². The highest BCUT2D eigenvalue weighted by Crippen LogP contribution is 2.32. The van der Waals surface area contributed by atoms with Crippen LogP contribution in [0, 0.1) is 0 Å². The molecule has 6 heteroatoms. The Hall–Kier alpha value is -3.28. The fourth-order valence-corrected chi connectivity index (χ4v) is 2.54. The SMILES string of the molecule is COc1ccc2cc(NC(=O)c3ccc4c(c3)OCO4)cnc2c1. The first-order valence-electron chi connectivity index (χ1n) is 7.38. The van der Waals surface area contributed by atoms with Crippen molar-refractivity contribution in [2.75, 3.05) is 19.2 Å². The average molecular weight is 322 g/mol. The fourth-order valence-electron chi connectivity index (χ4n) is 2.54. The highest BCUT2D eigenvalue weighted by molar-refractivity contribution is 6.05. The van der Waals surface area contributed by atoms with Crippen molar-refractivity contribution < 1.29 is 19.0 Å². The van der Waals surface area contributed by atoms with Gasteiger partial charge in [0.1, 0.15) is 5.75 Å². The Morgan fingerprint density at radius 2 is 2.00 bits per heavy atom. The van der Waals surface area contributed by atoms with Crippen LogP contribution >= 0.6 is 0 Å². The zero-order valence-corrected chi connectivity index (χ0v) is 12.9. The van der Waals surface area contributed by atoms with Crippen LogP contribution in [0.3, 0.4) is 0 Å². The number of carbonyl (C=O) groups is 1. The molecule has 0 saturated heterocycles. The van der Waals surface area contributed by atoms with Gasteiger partial charge in [0.05, 0.1) is 24.5 Å². The number of rotatable bonds is 3. The van der Waals surface area contributed by atoms with E-state index < -0.39 is 0 Å². The molecule has 0 fully saturated rings. The predicted octanol–water partition coefficient (Wildman–Crippen LogP) is 3.22. The lowest BCUT2D eigenvalue weighted by Crippen LogP contribution is -2.11. The Bertz CT molecular complexity index is 939. The second-order valence-corrected chi connectivity index (χ2v) is 5.30. The van der Waals surface area contributed by atoms with E-state index in [-0.39, 0.29) is 12.7 Å². The molecular formula is C18H14N2O4. The maximum atomic E-state index is 12.4. The molecule has 3 aromatic rings. The lowest BCUT2D eigenvalue weighted by Gasteiger charge is -2.07. The smallest absolute Gasteiger partial charge is 0.255 e. The largest absolute Gasteiger partial charge is 0.497 e. The minimum atomic E-state index is -0.233. The molecule has 0 aliphatic carbocycles. The number of anilines is 1. The lowest BCUT2D eigenvalue weighted by atomic mass is 10.1. The molecule has 0 atom stereocenters. The number of ether oxygens (including phenoxy) is 3. The summed E-state index contributed by atoms with van der Waals surface area (Å²) in [4.78, 5) is 16.8. The number of nitrogens with zero attached hydrogens (tertiary/aromatic N) is 1. The van der Waals surface area contributed by atoms with Crippen LogP contribution in [-0.4, -0.2) is 24.8 Å². The van der Waals surface area contributed by atoms with Crippen LogP contribution in [0.4, 0.5) is 5.69 Å². The van der Waals surface area contributed by atoms with Gasteiger partial charge in [-0.3, -0.25) is 9.78 Å². The van der Waals surface area contributed by atoms with Gasteiger partial charge < -0.3 is 19.5 Å². The van der Waals surface area contributed by atoms with E-state index in [0.717, 1.165) is 16.7 Å². The molecule has 120 valence electrons. The van der Waals surface area contributed by atoms with Crippen molar-refractivity contribution in [2.24, 2.45) is 0 Å². The van der Waals surface area contributed by atoms with Crippen molar-refractivity contribution in [3.05, 3.63) is 54.2 Å². The number of hydrogen-bond donors (Lipinski definition) is 1. The summed E-state index contributed by atoms with van der Waals surface area (Å²) in [6.45, 7) is 0.179. The first-order valence-corrected chi connectivity index (χ1v) is 7.38. The van der Waals surface area contributed by atoms with Gasteiger partial charge >= 0.3 is 0 Å². The van der Waals surface area contributed by atoms with Crippen molar-refractivity contribution >= 4 is 22.5 Å². The van der Waals surface area contributed by atoms with Crippen LogP contribution in [0.2, 0.25) is 0 Å². The molecule has 1 amide bonds. The van der Waals surface area contributed by atoms with Gasteiger partial charge in [-0.05, 0) is 36.4 Å². The van der Waals surface area contributed by atoms with Crippen molar-refractivity contribution in [3.8, 4) is 17.2 Å². The topological polar surface area (TPSA) is 69.7 Å². The van der Waals surface area contributed by atoms with Gasteiger partial charge in [-0.1, -0.05) is 0 Å². The third-order valence-electron chi connectivity index (χ3n) is 3.78. The summed E-state index contributed by atoms with van der Waals surface area (Å²) in [5, 5.41) is 3.76. The van der Waals surface area contributed by atoms with E-state index in [1.54, 1.807) is 31.5 Å². The molecule has 0 unspecified atom stereocenters. The molecule has 24 heavy (non-hydrogen) atoms. The van der Waals surface area contributed by atoms with E-state index in [1.165, 1.54) is 0 Å². The van der Waals surface area contributed by atoms with Crippen molar-refractivity contribution in [1.82, 2.24) is 4.98 Å². The average Bonchev–Trinajstić information content (AvgIpc) is 3.09. The number of pyridine rings is 1. The van der Waals surface area contributed by atoms with Gasteiger partial charge in [0.15, 0.2) is 11.5 Å². The Morgan fingerprint density at radius 1 is 1.12 bits per heavy atom. The Morgan fingerprint density at radius 3 is 2.88 bits per heavy atom. The lowest BCUT2D eigenvalue weighted by molar-refractivity contribution is 0.102. The zero-order chi connectivity index (χ0) is 16.5. The third-order valence-corrected chi connectivity index (χ3v) is 3.78. The molecular weight excluding hydrogens is 308 g/mol. The number of fused-ring (bicyclic) bond motifs is 2. The number of benzene rings is 2. The number of methoxy groups -OCH3 is 1. The quantitative estimate of drug-likeness (QED) is 0.802. The summed E-state index contributed by atoms with van der Waals surface area (Å²) in [5.41, 5.74) is 1.92. The zero-order valence-electron chi connectivity index (χ0n) is 12.9. The van der Waals surface area contributed by atoms with Crippen LogP contribution in [0.5, 0.6) is 17.2 Å². The molecule has 1 aromatic heterocycles. The number of hydrogen-bond acceptors (Lipinski definition) is 5. The summed E-state index contributed by atoms with van der Waals surface area (Å²) < 4.78 is 15.7. The van der Waals surface area contributed by atoms with Crippen molar-refractivity contribution in [1.29, 1.82) is 0 Å². The standard InChI is InChI=1S/C18H14N2O4/c1-22-14-4-2-11-6-13(9-19-15(11)8-14)20-18(21)12-3-5-16-17(7-12)24-10-23-16/h2-9H,10H2,1H3,(H,20,21). The van der Waals surface area contributed by atoms with Crippen molar-refractivity contribution in [2.45, 2.75) is 0 Å². The first-order chi connectivity index (χ1) is 11.7. The molecule has 2 aromatic carbocycles. The van der Waals surface area contributed by atoms with Gasteiger partial charge in [-0.2, -0.15) is 0 Å². The number of aromatic nitrogens is 1. The highest BCUT2D eigenvalue weighted by atomic mass is 16.7. The van der Waals surface area contributed by atoms with Gasteiger partial charge in [0, 0.05) is 17.0 Å². The molecule has 1 N–H and O–H groups in total. The third kappa shape index (κ3) is 2.58. The molecule has 6 nitrogen and oxygen atoms in total. The molecule has 2 heterocycles. The molecule has 1 aliphatic rings. The van der Waals surface area contributed by atoms with E-state index in [9.17, 15) is 4.79 Å². The molecule has 0 saturated carbocycles. The molecule has 0 bridgehead atoms. The van der Waals surface area contributed by atoms with E-state index in [4.69, 9.17) is 14.2 Å². The molecule has 0 spiro atoms. The highest BCUT2D eigenvalue weighted by Gasteiger charge is 2.16. The summed E-state index contributed by atoms with van der Waals surface area (Å²) in [7, 11) is 1.61. The van der Waals surface area contributed by atoms with E-state index in [1.807, 2.05) is 24.3 Å². The van der Waals surface area contributed by atoms with Gasteiger partial charge in [0.2, 0.25) is 6.79 Å². The minimum Gasteiger partial charge on any atom is -0.497 e. The Kier molecular flexibility index (Phi) is 3.42. The molecule has 4 rings (SSSR count). The number of carbonyl (C=O) groups excluding carboxylic acids is 1. The summed E-state index contributed by atoms with van der Waals surface area (Å²) in [6, 6.07) is 12.6. The number of amides is 1. The predicted molar refractivity (Wildman–Crippen MR) is 88.8 cm³/mol. The Balaban J connectivity index is 1.58. The fraction of sp³-hybridized carbons (Fsp3) is 0.111. The monoisotopic (exact) mass is 322 g/mol.